The van der Waals surface area contributed by atoms with E-state index >= 15 is 0 Å². The largest absolute Gasteiger partial charge is 0.455 e. The van der Waals surface area contributed by atoms with E-state index in [1.54, 1.807) is 0 Å². The van der Waals surface area contributed by atoms with Gasteiger partial charge in [-0.2, -0.15) is 0 Å². The number of hydrogen-bond acceptors (Lipinski definition) is 3. The third-order valence-corrected chi connectivity index (χ3v) is 4.47. The average molecular weight is 317 g/mol. The molecule has 22 heavy (non-hydrogen) atoms. The van der Waals surface area contributed by atoms with Crippen molar-refractivity contribution in [3.8, 4) is 11.5 Å². The Morgan fingerprint density at radius 3 is 2.55 bits per heavy atom. The van der Waals surface area contributed by atoms with Crippen LogP contribution in [0.1, 0.15) is 18.0 Å². The number of hydrogen-bond donors (Lipinski definition) is 0. The van der Waals surface area contributed by atoms with Gasteiger partial charge in [-0.15, -0.1) is 12.4 Å². The molecule has 2 aromatic rings. The summed E-state index contributed by atoms with van der Waals surface area (Å²) >= 11 is 0. The monoisotopic (exact) mass is 316 g/mol. The molecule has 116 valence electrons. The molecule has 2 aromatic carbocycles. The van der Waals surface area contributed by atoms with Crippen LogP contribution in [-0.2, 0) is 0 Å². The number of nitrogens with zero attached hydrogens (tertiary/aromatic N) is 2. The number of para-hydroxylation sites is 3. The molecule has 4 rings (SSSR count). The minimum absolute atomic E-state index is 0. The van der Waals surface area contributed by atoms with Crippen molar-refractivity contribution in [3.63, 3.8) is 0 Å². The van der Waals surface area contributed by atoms with Gasteiger partial charge in [0, 0.05) is 18.7 Å². The number of halogens is 1. The van der Waals surface area contributed by atoms with E-state index in [0.29, 0.717) is 6.04 Å². The quantitative estimate of drug-likeness (QED) is 0.728. The molecule has 1 fully saturated rings. The van der Waals surface area contributed by atoms with E-state index in [0.717, 1.165) is 31.1 Å². The summed E-state index contributed by atoms with van der Waals surface area (Å²) in [6, 6.07) is 17.2. The first-order valence-corrected chi connectivity index (χ1v) is 7.64. The van der Waals surface area contributed by atoms with E-state index in [9.17, 15) is 0 Å². The maximum atomic E-state index is 6.21. The molecule has 0 amide bonds. The van der Waals surface area contributed by atoms with Gasteiger partial charge in [-0.1, -0.05) is 30.3 Å². The van der Waals surface area contributed by atoms with Crippen molar-refractivity contribution in [3.05, 3.63) is 54.1 Å². The fourth-order valence-corrected chi connectivity index (χ4v) is 3.45. The molecule has 0 bridgehead atoms. The van der Waals surface area contributed by atoms with Gasteiger partial charge in [-0.25, -0.2) is 0 Å². The van der Waals surface area contributed by atoms with Crippen molar-refractivity contribution in [2.75, 3.05) is 31.6 Å². The normalized spacial score (nSPS) is 20.4. The highest BCUT2D eigenvalue weighted by Crippen LogP contribution is 2.44. The van der Waals surface area contributed by atoms with Crippen LogP contribution >= 0.6 is 12.4 Å². The summed E-state index contributed by atoms with van der Waals surface area (Å²) in [5.74, 6) is 1.96. The van der Waals surface area contributed by atoms with Crippen LogP contribution in [0.5, 0.6) is 11.5 Å². The van der Waals surface area contributed by atoms with E-state index in [-0.39, 0.29) is 12.4 Å². The molecule has 2 heterocycles. The fourth-order valence-electron chi connectivity index (χ4n) is 3.45. The molecule has 1 saturated heterocycles. The van der Waals surface area contributed by atoms with Gasteiger partial charge in [0.25, 0.3) is 0 Å². The van der Waals surface area contributed by atoms with Crippen molar-refractivity contribution in [1.29, 1.82) is 0 Å². The molecule has 0 radical (unpaired) electrons. The van der Waals surface area contributed by atoms with E-state index in [1.807, 2.05) is 6.07 Å². The maximum absolute atomic E-state index is 6.21. The summed E-state index contributed by atoms with van der Waals surface area (Å²) in [5.41, 5.74) is 2.51. The molecule has 0 N–H and O–H groups in total. The molecule has 2 aliphatic rings. The molecular formula is C18H21ClN2O. The first-order chi connectivity index (χ1) is 10.3. The summed E-state index contributed by atoms with van der Waals surface area (Å²) in [6.07, 6.45) is 1.18. The van der Waals surface area contributed by atoms with Crippen molar-refractivity contribution in [2.45, 2.75) is 12.5 Å². The highest BCUT2D eigenvalue weighted by atomic mass is 35.5. The Morgan fingerprint density at radius 2 is 1.68 bits per heavy atom. The van der Waals surface area contributed by atoms with Crippen LogP contribution in [0.25, 0.3) is 0 Å². The van der Waals surface area contributed by atoms with Crippen LogP contribution < -0.4 is 9.64 Å². The van der Waals surface area contributed by atoms with E-state index < -0.39 is 0 Å². The maximum Gasteiger partial charge on any atom is 0.150 e. The molecule has 4 heteroatoms. The number of anilines is 1. The topological polar surface area (TPSA) is 15.7 Å². The Labute approximate surface area is 137 Å². The number of rotatable bonds is 0. The van der Waals surface area contributed by atoms with Gasteiger partial charge in [-0.05, 0) is 38.2 Å². The lowest BCUT2D eigenvalue weighted by molar-refractivity contribution is 0.332. The third kappa shape index (κ3) is 2.55. The van der Waals surface area contributed by atoms with Crippen LogP contribution in [-0.4, -0.2) is 31.6 Å². The molecule has 0 spiro atoms. The summed E-state index contributed by atoms with van der Waals surface area (Å²) in [6.45, 7) is 3.26. The van der Waals surface area contributed by atoms with Crippen molar-refractivity contribution in [2.24, 2.45) is 0 Å². The highest BCUT2D eigenvalue weighted by molar-refractivity contribution is 5.85. The number of fused-ring (bicyclic) bond motifs is 5. The second-order valence-electron chi connectivity index (χ2n) is 5.93. The fraction of sp³-hybridized carbons (Fsp3) is 0.333. The van der Waals surface area contributed by atoms with Gasteiger partial charge in [-0.3, -0.25) is 0 Å². The minimum atomic E-state index is 0. The molecule has 0 aromatic heterocycles. The Morgan fingerprint density at radius 1 is 0.955 bits per heavy atom. The molecule has 2 aliphatic heterocycles. The van der Waals surface area contributed by atoms with E-state index in [1.165, 1.54) is 17.7 Å². The standard InChI is InChI=1S/C18H20N2O.ClH/c1-19-11-6-12-20-15-8-3-5-10-18(15)21-17-9-4-2-7-14(17)16(20)13-19;/h2-5,7-10,16H,6,11-13H2,1H3;1H. The van der Waals surface area contributed by atoms with Crippen LogP contribution in [0.3, 0.4) is 0 Å². The van der Waals surface area contributed by atoms with Crippen LogP contribution in [0.15, 0.2) is 48.5 Å². The van der Waals surface area contributed by atoms with Gasteiger partial charge in [0.15, 0.2) is 5.75 Å². The second-order valence-corrected chi connectivity index (χ2v) is 5.93. The van der Waals surface area contributed by atoms with Crippen LogP contribution in [0, 0.1) is 0 Å². The van der Waals surface area contributed by atoms with Gasteiger partial charge in [0.2, 0.25) is 0 Å². The number of ether oxygens (including phenoxy) is 1. The van der Waals surface area contributed by atoms with Crippen molar-refractivity contribution < 1.29 is 4.74 Å². The lowest BCUT2D eigenvalue weighted by Gasteiger charge is -2.31. The molecule has 1 atom stereocenters. The molecule has 0 aliphatic carbocycles. The first kappa shape index (κ1) is 15.2. The molecule has 3 nitrogen and oxygen atoms in total. The zero-order valence-corrected chi connectivity index (χ0v) is 13.6. The molecular weight excluding hydrogens is 296 g/mol. The minimum Gasteiger partial charge on any atom is -0.455 e. The third-order valence-electron chi connectivity index (χ3n) is 4.47. The van der Waals surface area contributed by atoms with Gasteiger partial charge in [0.1, 0.15) is 5.75 Å². The Balaban J connectivity index is 0.00000144. The lowest BCUT2D eigenvalue weighted by Crippen LogP contribution is -2.32. The number of likely N-dealkylation sites (N-methyl/N-ethyl adjacent to an activating group) is 1. The zero-order valence-electron chi connectivity index (χ0n) is 12.7. The first-order valence-electron chi connectivity index (χ1n) is 7.64. The Bertz CT molecular complexity index is 661. The average Bonchev–Trinajstić information content (AvgIpc) is 2.76. The Hall–Kier alpha value is -1.71. The molecule has 1 unspecified atom stereocenters. The SMILES string of the molecule is CN1CCCN2c3ccccc3Oc3ccccc3C2C1.Cl. The molecule has 0 saturated carbocycles. The smallest absolute Gasteiger partial charge is 0.150 e. The predicted octanol–water partition coefficient (Wildman–Crippen LogP) is 4.10. The summed E-state index contributed by atoms with van der Waals surface area (Å²) in [5, 5.41) is 0. The van der Waals surface area contributed by atoms with Crippen molar-refractivity contribution >= 4 is 18.1 Å². The van der Waals surface area contributed by atoms with Crippen molar-refractivity contribution in [1.82, 2.24) is 4.90 Å². The summed E-state index contributed by atoms with van der Waals surface area (Å²) in [7, 11) is 2.21. The van der Waals surface area contributed by atoms with Gasteiger partial charge in [0.05, 0.1) is 11.7 Å². The summed E-state index contributed by atoms with van der Waals surface area (Å²) < 4.78 is 6.21. The predicted molar refractivity (Wildman–Crippen MR) is 92.4 cm³/mol. The van der Waals surface area contributed by atoms with Gasteiger partial charge >= 0.3 is 0 Å². The second kappa shape index (κ2) is 6.19. The van der Waals surface area contributed by atoms with Gasteiger partial charge < -0.3 is 14.5 Å². The zero-order chi connectivity index (χ0) is 14.2. The Kier molecular flexibility index (Phi) is 4.27. The van der Waals surface area contributed by atoms with Crippen LogP contribution in [0.4, 0.5) is 5.69 Å². The van der Waals surface area contributed by atoms with Crippen LogP contribution in [0.2, 0.25) is 0 Å². The highest BCUT2D eigenvalue weighted by Gasteiger charge is 2.31. The summed E-state index contributed by atoms with van der Waals surface area (Å²) in [4.78, 5) is 4.94. The van der Waals surface area contributed by atoms with E-state index in [4.69, 9.17) is 4.74 Å². The number of benzene rings is 2. The lowest BCUT2D eigenvalue weighted by atomic mass is 10.0. The van der Waals surface area contributed by atoms with E-state index in [2.05, 4.69) is 59.3 Å².